The molecule has 1 aromatic rings. The summed E-state index contributed by atoms with van der Waals surface area (Å²) in [6.07, 6.45) is 1.35. The zero-order valence-corrected chi connectivity index (χ0v) is 13.5. The summed E-state index contributed by atoms with van der Waals surface area (Å²) < 4.78 is 0. The van der Waals surface area contributed by atoms with Gasteiger partial charge in [0.2, 0.25) is 0 Å². The molecule has 3 nitrogen and oxygen atoms in total. The van der Waals surface area contributed by atoms with E-state index in [4.69, 9.17) is 18.0 Å². The Morgan fingerprint density at radius 3 is 2.25 bits per heavy atom. The summed E-state index contributed by atoms with van der Waals surface area (Å²) >= 11 is 4.89. The Balaban J connectivity index is 2.75. The fourth-order valence-corrected chi connectivity index (χ4v) is 2.13. The summed E-state index contributed by atoms with van der Waals surface area (Å²) in [4.78, 5) is 12.6. The molecule has 1 unspecified atom stereocenters. The van der Waals surface area contributed by atoms with Gasteiger partial charge in [0.1, 0.15) is 0 Å². The highest BCUT2D eigenvalue weighted by atomic mass is 32.1. The normalized spacial score (nSPS) is 12.8. The van der Waals surface area contributed by atoms with E-state index in [0.29, 0.717) is 17.0 Å². The third-order valence-electron chi connectivity index (χ3n) is 3.29. The molecular formula is C16H24N2OS. The predicted octanol–water partition coefficient (Wildman–Crippen LogP) is 3.17. The van der Waals surface area contributed by atoms with Crippen LogP contribution in [0.1, 0.15) is 56.5 Å². The first-order chi connectivity index (χ1) is 9.24. The molecule has 0 spiro atoms. The summed E-state index contributed by atoms with van der Waals surface area (Å²) in [6.45, 7) is 8.46. The van der Waals surface area contributed by atoms with E-state index < -0.39 is 0 Å². The van der Waals surface area contributed by atoms with Crippen LogP contribution in [0.3, 0.4) is 0 Å². The van der Waals surface area contributed by atoms with Crippen molar-refractivity contribution in [3.8, 4) is 0 Å². The highest BCUT2D eigenvalue weighted by Gasteiger charge is 2.16. The van der Waals surface area contributed by atoms with Crippen LogP contribution in [0.25, 0.3) is 0 Å². The molecule has 110 valence electrons. The minimum absolute atomic E-state index is 0.00212. The lowest BCUT2D eigenvalue weighted by Crippen LogP contribution is -2.37. The van der Waals surface area contributed by atoms with E-state index in [0.717, 1.165) is 6.42 Å². The molecule has 0 saturated carbocycles. The summed E-state index contributed by atoms with van der Waals surface area (Å²) in [5.41, 5.74) is 7.50. The van der Waals surface area contributed by atoms with Gasteiger partial charge in [0.05, 0.1) is 4.99 Å². The van der Waals surface area contributed by atoms with Crippen LogP contribution < -0.4 is 11.1 Å². The summed E-state index contributed by atoms with van der Waals surface area (Å²) in [6, 6.07) is 7.74. The second-order valence-electron chi connectivity index (χ2n) is 6.08. The zero-order chi connectivity index (χ0) is 15.3. The van der Waals surface area contributed by atoms with Crippen LogP contribution in [0.5, 0.6) is 0 Å². The van der Waals surface area contributed by atoms with Crippen molar-refractivity contribution in [2.75, 3.05) is 0 Å². The minimum Gasteiger partial charge on any atom is -0.393 e. The number of amides is 1. The molecular weight excluding hydrogens is 268 g/mol. The zero-order valence-electron chi connectivity index (χ0n) is 12.7. The van der Waals surface area contributed by atoms with Crippen LogP contribution in [-0.4, -0.2) is 16.9 Å². The van der Waals surface area contributed by atoms with Crippen molar-refractivity contribution in [3.63, 3.8) is 0 Å². The van der Waals surface area contributed by atoms with Gasteiger partial charge in [-0.2, -0.15) is 0 Å². The van der Waals surface area contributed by atoms with Crippen molar-refractivity contribution >= 4 is 23.1 Å². The highest BCUT2D eigenvalue weighted by Crippen LogP contribution is 2.22. The molecule has 0 aliphatic heterocycles. The van der Waals surface area contributed by atoms with Crippen LogP contribution in [0.2, 0.25) is 0 Å². The van der Waals surface area contributed by atoms with E-state index in [1.54, 1.807) is 0 Å². The number of carbonyl (C=O) groups is 1. The maximum atomic E-state index is 12.2. The van der Waals surface area contributed by atoms with E-state index >= 15 is 0 Å². The second kappa shape index (κ2) is 6.84. The molecule has 3 N–H and O–H groups in total. The molecule has 1 aromatic carbocycles. The molecule has 0 heterocycles. The van der Waals surface area contributed by atoms with Crippen molar-refractivity contribution < 1.29 is 4.79 Å². The van der Waals surface area contributed by atoms with Gasteiger partial charge in [-0.05, 0) is 29.5 Å². The summed E-state index contributed by atoms with van der Waals surface area (Å²) in [7, 11) is 0. The fraction of sp³-hybridized carbons (Fsp3) is 0.500. The van der Waals surface area contributed by atoms with Gasteiger partial charge in [-0.15, -0.1) is 0 Å². The van der Waals surface area contributed by atoms with Gasteiger partial charge >= 0.3 is 0 Å². The Bertz CT molecular complexity index is 474. The van der Waals surface area contributed by atoms with Crippen LogP contribution in [0.4, 0.5) is 0 Å². The van der Waals surface area contributed by atoms with Gasteiger partial charge < -0.3 is 11.1 Å². The van der Waals surface area contributed by atoms with Gasteiger partial charge in [-0.1, -0.05) is 52.0 Å². The van der Waals surface area contributed by atoms with E-state index in [2.05, 4.69) is 26.1 Å². The SMILES string of the molecule is CCC(CC(N)=S)NC(=O)c1ccc(C(C)(C)C)cc1. The topological polar surface area (TPSA) is 55.1 Å². The Kier molecular flexibility index (Phi) is 5.69. The maximum Gasteiger partial charge on any atom is 0.251 e. The van der Waals surface area contributed by atoms with Crippen LogP contribution in [0.15, 0.2) is 24.3 Å². The van der Waals surface area contributed by atoms with E-state index in [-0.39, 0.29) is 17.4 Å². The van der Waals surface area contributed by atoms with Gasteiger partial charge in [-0.25, -0.2) is 0 Å². The largest absolute Gasteiger partial charge is 0.393 e. The van der Waals surface area contributed by atoms with Crippen molar-refractivity contribution in [1.82, 2.24) is 5.32 Å². The average molecular weight is 292 g/mol. The third-order valence-corrected chi connectivity index (χ3v) is 3.46. The number of carbonyl (C=O) groups excluding carboxylic acids is 1. The molecule has 0 fully saturated rings. The van der Waals surface area contributed by atoms with Gasteiger partial charge in [-0.3, -0.25) is 4.79 Å². The second-order valence-corrected chi connectivity index (χ2v) is 6.60. The van der Waals surface area contributed by atoms with Crippen molar-refractivity contribution in [2.24, 2.45) is 5.73 Å². The standard InChI is InChI=1S/C16H24N2OS/c1-5-13(10-14(17)20)18-15(19)11-6-8-12(9-7-11)16(2,3)4/h6-9,13H,5,10H2,1-4H3,(H2,17,20)(H,18,19). The van der Waals surface area contributed by atoms with Gasteiger partial charge in [0.25, 0.3) is 5.91 Å². The minimum atomic E-state index is -0.0754. The predicted molar refractivity (Wildman–Crippen MR) is 88.1 cm³/mol. The number of benzene rings is 1. The Labute approximate surface area is 126 Å². The first-order valence-corrected chi connectivity index (χ1v) is 7.34. The molecule has 1 atom stereocenters. The lowest BCUT2D eigenvalue weighted by Gasteiger charge is -2.20. The molecule has 0 aromatic heterocycles. The molecule has 0 saturated heterocycles. The summed E-state index contributed by atoms with van der Waals surface area (Å²) in [5.74, 6) is -0.0754. The lowest BCUT2D eigenvalue weighted by atomic mass is 9.86. The monoisotopic (exact) mass is 292 g/mol. The Morgan fingerprint density at radius 1 is 1.30 bits per heavy atom. The Morgan fingerprint density at radius 2 is 1.85 bits per heavy atom. The molecule has 20 heavy (non-hydrogen) atoms. The number of rotatable bonds is 5. The van der Waals surface area contributed by atoms with E-state index in [1.165, 1.54) is 5.56 Å². The number of nitrogens with one attached hydrogen (secondary N) is 1. The summed E-state index contributed by atoms with van der Waals surface area (Å²) in [5, 5.41) is 2.97. The number of hydrogen-bond acceptors (Lipinski definition) is 2. The quantitative estimate of drug-likeness (QED) is 0.820. The molecule has 0 bridgehead atoms. The third kappa shape index (κ3) is 4.93. The van der Waals surface area contributed by atoms with Crippen molar-refractivity contribution in [1.29, 1.82) is 0 Å². The smallest absolute Gasteiger partial charge is 0.251 e. The van der Waals surface area contributed by atoms with Crippen LogP contribution in [0, 0.1) is 0 Å². The molecule has 4 heteroatoms. The number of nitrogens with two attached hydrogens (primary N) is 1. The number of hydrogen-bond donors (Lipinski definition) is 2. The average Bonchev–Trinajstić information content (AvgIpc) is 2.36. The van der Waals surface area contributed by atoms with Crippen LogP contribution in [-0.2, 0) is 5.41 Å². The maximum absolute atomic E-state index is 12.2. The molecule has 0 aliphatic rings. The Hall–Kier alpha value is -1.42. The van der Waals surface area contributed by atoms with Crippen molar-refractivity contribution in [3.05, 3.63) is 35.4 Å². The molecule has 1 amide bonds. The van der Waals surface area contributed by atoms with Gasteiger partial charge in [0.15, 0.2) is 0 Å². The first-order valence-electron chi connectivity index (χ1n) is 6.93. The van der Waals surface area contributed by atoms with E-state index in [1.807, 2.05) is 31.2 Å². The first kappa shape index (κ1) is 16.6. The van der Waals surface area contributed by atoms with Crippen molar-refractivity contribution in [2.45, 2.75) is 52.0 Å². The highest BCUT2D eigenvalue weighted by molar-refractivity contribution is 7.80. The fourth-order valence-electron chi connectivity index (χ4n) is 1.93. The number of thiocarbonyl (C=S) groups is 1. The van der Waals surface area contributed by atoms with Crippen LogP contribution >= 0.6 is 12.2 Å². The van der Waals surface area contributed by atoms with Gasteiger partial charge in [0, 0.05) is 18.0 Å². The van der Waals surface area contributed by atoms with E-state index in [9.17, 15) is 4.79 Å². The molecule has 0 aliphatic carbocycles. The lowest BCUT2D eigenvalue weighted by molar-refractivity contribution is 0.0937. The molecule has 0 radical (unpaired) electrons. The molecule has 1 rings (SSSR count).